The van der Waals surface area contributed by atoms with Crippen molar-refractivity contribution >= 4 is 28.5 Å². The van der Waals surface area contributed by atoms with Gasteiger partial charge in [0, 0.05) is 0 Å². The van der Waals surface area contributed by atoms with E-state index in [4.69, 9.17) is 0 Å². The van der Waals surface area contributed by atoms with Crippen molar-refractivity contribution in [2.45, 2.75) is 48.3 Å². The Balaban J connectivity index is 3.00. The summed E-state index contributed by atoms with van der Waals surface area (Å²) in [5.41, 5.74) is 0. The molecule has 0 atom stereocenters. The fourth-order valence-electron chi connectivity index (χ4n) is 0.793. The Morgan fingerprint density at radius 2 is 1.40 bits per heavy atom. The zero-order valence-electron chi connectivity index (χ0n) is 7.14. The first-order valence-corrected chi connectivity index (χ1v) is 11.7. The van der Waals surface area contributed by atoms with Crippen molar-refractivity contribution in [3.05, 3.63) is 0 Å². The van der Waals surface area contributed by atoms with Gasteiger partial charge in [0.05, 0.1) is 0 Å². The van der Waals surface area contributed by atoms with E-state index in [9.17, 15) is 0 Å². The molecule has 0 nitrogen and oxygen atoms in total. The molecule has 0 aromatic carbocycles. The number of hydrogen-bond donors (Lipinski definition) is 1. The minimum absolute atomic E-state index is 0.930. The first-order chi connectivity index (χ1) is 4.81. The summed E-state index contributed by atoms with van der Waals surface area (Å²) in [5.74, 6) is 0. The van der Waals surface area contributed by atoms with E-state index >= 15 is 0 Å². The van der Waals surface area contributed by atoms with Crippen molar-refractivity contribution in [1.29, 1.82) is 0 Å². The number of rotatable bonds is 6. The predicted molar refractivity (Wildman–Crippen MR) is 54.2 cm³/mol. The number of hydrogen-bond acceptors (Lipinski definition) is 1. The molecule has 0 saturated heterocycles. The molecule has 0 aromatic rings. The molecule has 0 rings (SSSR count). The second kappa shape index (κ2) is 8.27. The summed E-state index contributed by atoms with van der Waals surface area (Å²) >= 11 is -0.930. The molecule has 0 aliphatic heterocycles. The normalized spacial score (nSPS) is 10.8. The molecule has 0 N–H and O–H groups in total. The van der Waals surface area contributed by atoms with Gasteiger partial charge in [0.25, 0.3) is 0 Å². The summed E-state index contributed by atoms with van der Waals surface area (Å²) in [7, 11) is 4.68. The zero-order chi connectivity index (χ0) is 7.82. The third-order valence-corrected chi connectivity index (χ3v) is 8.97. The van der Waals surface area contributed by atoms with E-state index in [0.29, 0.717) is 0 Å². The summed E-state index contributed by atoms with van der Waals surface area (Å²) in [5, 5.41) is 0. The Morgan fingerprint density at radius 3 is 1.70 bits per heavy atom. The summed E-state index contributed by atoms with van der Waals surface area (Å²) in [6.45, 7) is 4.53. The van der Waals surface area contributed by atoms with Crippen LogP contribution in [-0.2, 0) is 0 Å². The van der Waals surface area contributed by atoms with Gasteiger partial charge in [-0.3, -0.25) is 0 Å². The second-order valence-corrected chi connectivity index (χ2v) is 11.9. The molecule has 0 aliphatic carbocycles. The van der Waals surface area contributed by atoms with E-state index < -0.39 is 18.8 Å². The number of thiol groups is 1. The molecule has 0 fully saturated rings. The van der Waals surface area contributed by atoms with E-state index in [1.54, 1.807) is 0 Å². The molecule has 0 saturated carbocycles. The summed E-state index contributed by atoms with van der Waals surface area (Å²) < 4.78 is 2.98. The fourth-order valence-corrected chi connectivity index (χ4v) is 7.22. The molecule has 0 radical (unpaired) electrons. The van der Waals surface area contributed by atoms with Crippen molar-refractivity contribution in [3.63, 3.8) is 0 Å². The third-order valence-electron chi connectivity index (χ3n) is 1.54. The first kappa shape index (κ1) is 11.2. The van der Waals surface area contributed by atoms with Gasteiger partial charge >= 0.3 is 76.8 Å². The Labute approximate surface area is 76.6 Å². The zero-order valence-corrected chi connectivity index (χ0v) is 10.6. The minimum atomic E-state index is -0.930. The monoisotopic (exact) mass is 268 g/mol. The van der Waals surface area contributed by atoms with E-state index in [2.05, 4.69) is 23.6 Å². The Morgan fingerprint density at radius 1 is 1.00 bits per heavy atom. The summed E-state index contributed by atoms with van der Waals surface area (Å²) in [6, 6.07) is 0. The van der Waals surface area contributed by atoms with E-state index in [-0.39, 0.29) is 0 Å². The summed E-state index contributed by atoms with van der Waals surface area (Å²) in [4.78, 5) is 0. The van der Waals surface area contributed by atoms with Gasteiger partial charge in [0.1, 0.15) is 0 Å². The molecule has 0 bridgehead atoms. The Kier molecular flexibility index (Phi) is 9.23. The van der Waals surface area contributed by atoms with Crippen LogP contribution < -0.4 is 0 Å². The molecule has 0 spiro atoms. The maximum atomic E-state index is 4.68. The predicted octanol–water partition coefficient (Wildman–Crippen LogP) is 3.51. The van der Waals surface area contributed by atoms with Crippen molar-refractivity contribution < 1.29 is 0 Å². The number of unbranched alkanes of at least 4 members (excludes halogenated alkanes) is 2. The SMILES string of the molecule is CCC[CH2][Sb]([SH])[CH2]CCC. The van der Waals surface area contributed by atoms with Crippen LogP contribution in [0.2, 0.25) is 8.73 Å². The van der Waals surface area contributed by atoms with Crippen molar-refractivity contribution in [2.24, 2.45) is 0 Å². The van der Waals surface area contributed by atoms with Crippen LogP contribution in [0.5, 0.6) is 0 Å². The van der Waals surface area contributed by atoms with Crippen molar-refractivity contribution in [3.8, 4) is 0 Å². The van der Waals surface area contributed by atoms with Crippen molar-refractivity contribution in [2.75, 3.05) is 0 Å². The molecule has 0 aliphatic rings. The molecule has 10 heavy (non-hydrogen) atoms. The Bertz CT molecular complexity index is 58.3. The van der Waals surface area contributed by atoms with E-state index in [0.717, 1.165) is 0 Å². The molecule has 2 heteroatoms. The average Bonchev–Trinajstić information content (AvgIpc) is 1.97. The van der Waals surface area contributed by atoms with Gasteiger partial charge in [-0.2, -0.15) is 0 Å². The quantitative estimate of drug-likeness (QED) is 0.553. The van der Waals surface area contributed by atoms with Crippen LogP contribution in [0.3, 0.4) is 0 Å². The molecule has 0 unspecified atom stereocenters. The van der Waals surface area contributed by atoms with Crippen LogP contribution in [0.15, 0.2) is 0 Å². The van der Waals surface area contributed by atoms with Gasteiger partial charge in [-0.25, -0.2) is 0 Å². The molecule has 62 valence electrons. The van der Waals surface area contributed by atoms with Crippen LogP contribution in [0.4, 0.5) is 0 Å². The summed E-state index contributed by atoms with van der Waals surface area (Å²) in [6.07, 6.45) is 5.56. The van der Waals surface area contributed by atoms with E-state index in [1.807, 2.05) is 0 Å². The van der Waals surface area contributed by atoms with Gasteiger partial charge in [0.15, 0.2) is 0 Å². The van der Waals surface area contributed by atoms with Crippen LogP contribution >= 0.6 is 9.72 Å². The van der Waals surface area contributed by atoms with Crippen LogP contribution in [0, 0.1) is 0 Å². The molecule has 0 heterocycles. The Hall–Kier alpha value is 1.17. The van der Waals surface area contributed by atoms with Crippen LogP contribution in [0.1, 0.15) is 39.5 Å². The van der Waals surface area contributed by atoms with Gasteiger partial charge in [-0.05, 0) is 0 Å². The molecular weight excluding hydrogens is 250 g/mol. The van der Waals surface area contributed by atoms with Gasteiger partial charge in [0.2, 0.25) is 0 Å². The van der Waals surface area contributed by atoms with Crippen molar-refractivity contribution in [1.82, 2.24) is 0 Å². The van der Waals surface area contributed by atoms with Gasteiger partial charge in [-0.1, -0.05) is 0 Å². The first-order valence-electron chi connectivity index (χ1n) is 4.25. The van der Waals surface area contributed by atoms with Gasteiger partial charge < -0.3 is 0 Å². The van der Waals surface area contributed by atoms with Crippen LogP contribution in [0.25, 0.3) is 0 Å². The standard InChI is InChI=1S/2C4H9.H2S.Sb/c2*1-3-4-2;;/h2*1,3-4H2,2H3;1H2;/q;;;+1/p-1. The van der Waals surface area contributed by atoms with Crippen LogP contribution in [-0.4, -0.2) is 18.8 Å². The maximum absolute atomic E-state index is 4.68. The fraction of sp³-hybridized carbons (Fsp3) is 1.00. The third kappa shape index (κ3) is 7.28. The molecule has 0 aromatic heterocycles. The average molecular weight is 269 g/mol. The second-order valence-electron chi connectivity index (χ2n) is 2.66. The molecular formula is C8H19SSb. The van der Waals surface area contributed by atoms with Gasteiger partial charge in [-0.15, -0.1) is 0 Å². The molecule has 0 amide bonds. The van der Waals surface area contributed by atoms with E-state index in [1.165, 1.54) is 34.4 Å². The topological polar surface area (TPSA) is 0 Å².